The molecular weight excluding hydrogens is 234 g/mol. The summed E-state index contributed by atoms with van der Waals surface area (Å²) < 4.78 is 0. The predicted octanol–water partition coefficient (Wildman–Crippen LogP) is 2.44. The summed E-state index contributed by atoms with van der Waals surface area (Å²) in [7, 11) is 0. The van der Waals surface area contributed by atoms with Crippen molar-refractivity contribution in [3.63, 3.8) is 0 Å². The molecule has 0 radical (unpaired) electrons. The molecular formula is C16H23N3. The van der Waals surface area contributed by atoms with Crippen LogP contribution < -0.4 is 10.2 Å². The van der Waals surface area contributed by atoms with E-state index in [1.807, 2.05) is 12.3 Å². The van der Waals surface area contributed by atoms with E-state index < -0.39 is 0 Å². The van der Waals surface area contributed by atoms with Gasteiger partial charge >= 0.3 is 0 Å². The van der Waals surface area contributed by atoms with Crippen molar-refractivity contribution in [1.82, 2.24) is 10.3 Å². The third kappa shape index (κ3) is 2.62. The van der Waals surface area contributed by atoms with Gasteiger partial charge in [-0.25, -0.2) is 4.98 Å². The largest absolute Gasteiger partial charge is 0.355 e. The molecule has 1 unspecified atom stereocenters. The Balaban J connectivity index is 1.36. The Labute approximate surface area is 115 Å². The maximum Gasteiger partial charge on any atom is 0.128 e. The van der Waals surface area contributed by atoms with Crippen LogP contribution in [0.25, 0.3) is 0 Å². The van der Waals surface area contributed by atoms with Gasteiger partial charge in [-0.3, -0.25) is 0 Å². The number of nitrogens with zero attached hydrogens (tertiary/aromatic N) is 2. The number of anilines is 1. The first-order chi connectivity index (χ1) is 9.40. The van der Waals surface area contributed by atoms with Gasteiger partial charge in [-0.15, -0.1) is 0 Å². The number of hydrogen-bond acceptors (Lipinski definition) is 3. The fraction of sp³-hybridized carbons (Fsp3) is 0.688. The third-order valence-corrected chi connectivity index (χ3v) is 4.85. The minimum atomic E-state index is 0.674. The minimum absolute atomic E-state index is 0.674. The highest BCUT2D eigenvalue weighted by atomic mass is 15.2. The second-order valence-corrected chi connectivity index (χ2v) is 6.49. The van der Waals surface area contributed by atoms with Crippen LogP contribution in [0.5, 0.6) is 0 Å². The lowest BCUT2D eigenvalue weighted by molar-refractivity contribution is 0.373. The molecule has 2 heterocycles. The molecule has 3 fully saturated rings. The van der Waals surface area contributed by atoms with E-state index in [2.05, 4.69) is 27.3 Å². The van der Waals surface area contributed by atoms with Gasteiger partial charge in [0.25, 0.3) is 0 Å². The number of rotatable bonds is 5. The molecule has 0 amide bonds. The van der Waals surface area contributed by atoms with Gasteiger partial charge < -0.3 is 10.2 Å². The summed E-state index contributed by atoms with van der Waals surface area (Å²) >= 11 is 0. The molecule has 1 atom stereocenters. The molecule has 1 saturated heterocycles. The van der Waals surface area contributed by atoms with E-state index >= 15 is 0 Å². The van der Waals surface area contributed by atoms with Crippen molar-refractivity contribution in [3.05, 3.63) is 24.4 Å². The fourth-order valence-corrected chi connectivity index (χ4v) is 3.49. The number of nitrogens with one attached hydrogen (secondary N) is 1. The van der Waals surface area contributed by atoms with E-state index in [-0.39, 0.29) is 0 Å². The number of pyridine rings is 1. The minimum Gasteiger partial charge on any atom is -0.355 e. The molecule has 0 spiro atoms. The molecule has 102 valence electrons. The fourth-order valence-electron chi connectivity index (χ4n) is 3.49. The standard InChI is InChI=1S/C16H23N3/c1-2-9-17-15(3-1)19-10-8-14(11-19)18-16(12-4-5-12)13-6-7-13/h1-3,9,12-14,16,18H,4-8,10-11H2. The quantitative estimate of drug-likeness (QED) is 0.878. The van der Waals surface area contributed by atoms with Crippen LogP contribution in [0.1, 0.15) is 32.1 Å². The maximum absolute atomic E-state index is 4.47. The first-order valence-electron chi connectivity index (χ1n) is 7.82. The van der Waals surface area contributed by atoms with E-state index in [9.17, 15) is 0 Å². The second-order valence-electron chi connectivity index (χ2n) is 6.49. The van der Waals surface area contributed by atoms with Crippen molar-refractivity contribution in [2.24, 2.45) is 11.8 Å². The van der Waals surface area contributed by atoms with Crippen molar-refractivity contribution in [3.8, 4) is 0 Å². The Kier molecular flexibility index (Phi) is 2.95. The number of hydrogen-bond donors (Lipinski definition) is 1. The third-order valence-electron chi connectivity index (χ3n) is 4.85. The predicted molar refractivity (Wildman–Crippen MR) is 77.2 cm³/mol. The van der Waals surface area contributed by atoms with Crippen LogP contribution in [0.2, 0.25) is 0 Å². The summed E-state index contributed by atoms with van der Waals surface area (Å²) in [5.41, 5.74) is 0. The molecule has 0 bridgehead atoms. The molecule has 19 heavy (non-hydrogen) atoms. The molecule has 1 aromatic heterocycles. The van der Waals surface area contributed by atoms with E-state index in [1.165, 1.54) is 32.1 Å². The molecule has 2 aliphatic carbocycles. The summed E-state index contributed by atoms with van der Waals surface area (Å²) in [4.78, 5) is 6.89. The van der Waals surface area contributed by atoms with Gasteiger partial charge in [0.05, 0.1) is 0 Å². The van der Waals surface area contributed by atoms with Crippen molar-refractivity contribution in [2.45, 2.75) is 44.2 Å². The van der Waals surface area contributed by atoms with Crippen LogP contribution in [0.3, 0.4) is 0 Å². The van der Waals surface area contributed by atoms with E-state index in [0.29, 0.717) is 6.04 Å². The van der Waals surface area contributed by atoms with Crippen LogP contribution in [0.15, 0.2) is 24.4 Å². The number of aromatic nitrogens is 1. The Hall–Kier alpha value is -1.09. The van der Waals surface area contributed by atoms with Gasteiger partial charge in [0.1, 0.15) is 5.82 Å². The topological polar surface area (TPSA) is 28.2 Å². The molecule has 3 heteroatoms. The van der Waals surface area contributed by atoms with Gasteiger partial charge in [0.2, 0.25) is 0 Å². The van der Waals surface area contributed by atoms with Crippen LogP contribution in [0, 0.1) is 11.8 Å². The van der Waals surface area contributed by atoms with E-state index in [1.54, 1.807) is 0 Å². The van der Waals surface area contributed by atoms with Crippen molar-refractivity contribution >= 4 is 5.82 Å². The Morgan fingerprint density at radius 1 is 1.11 bits per heavy atom. The highest BCUT2D eigenvalue weighted by Crippen LogP contribution is 2.44. The van der Waals surface area contributed by atoms with Crippen LogP contribution >= 0.6 is 0 Å². The molecule has 4 rings (SSSR count). The molecule has 3 nitrogen and oxygen atoms in total. The van der Waals surface area contributed by atoms with Gasteiger partial charge in [-0.1, -0.05) is 6.07 Å². The summed E-state index contributed by atoms with van der Waals surface area (Å²) in [6.07, 6.45) is 9.02. The molecule has 1 aliphatic heterocycles. The van der Waals surface area contributed by atoms with Crippen LogP contribution in [0.4, 0.5) is 5.82 Å². The summed E-state index contributed by atoms with van der Waals surface area (Å²) in [5, 5.41) is 3.97. The van der Waals surface area contributed by atoms with Crippen molar-refractivity contribution in [1.29, 1.82) is 0 Å². The van der Waals surface area contributed by atoms with Gasteiger partial charge in [-0.05, 0) is 56.1 Å². The lowest BCUT2D eigenvalue weighted by Gasteiger charge is -2.23. The molecule has 0 aromatic carbocycles. The summed E-state index contributed by atoms with van der Waals surface area (Å²) in [6, 6.07) is 7.70. The van der Waals surface area contributed by atoms with E-state index in [0.717, 1.165) is 36.8 Å². The van der Waals surface area contributed by atoms with Gasteiger partial charge in [-0.2, -0.15) is 0 Å². The first-order valence-corrected chi connectivity index (χ1v) is 7.82. The summed E-state index contributed by atoms with van der Waals surface area (Å²) in [6.45, 7) is 2.28. The van der Waals surface area contributed by atoms with Crippen LogP contribution in [-0.4, -0.2) is 30.2 Å². The average Bonchev–Trinajstić information content (AvgIpc) is 3.37. The Bertz CT molecular complexity index is 413. The lowest BCUT2D eigenvalue weighted by atomic mass is 10.1. The summed E-state index contributed by atoms with van der Waals surface area (Å²) in [5.74, 6) is 3.13. The zero-order chi connectivity index (χ0) is 12.7. The maximum atomic E-state index is 4.47. The normalized spacial score (nSPS) is 27.2. The lowest BCUT2D eigenvalue weighted by Crippen LogP contribution is -2.42. The molecule has 1 N–H and O–H groups in total. The van der Waals surface area contributed by atoms with Gasteiger partial charge in [0.15, 0.2) is 0 Å². The van der Waals surface area contributed by atoms with Gasteiger partial charge in [0, 0.05) is 31.4 Å². The smallest absolute Gasteiger partial charge is 0.128 e. The Morgan fingerprint density at radius 2 is 1.89 bits per heavy atom. The molecule has 3 aliphatic rings. The monoisotopic (exact) mass is 257 g/mol. The average molecular weight is 257 g/mol. The van der Waals surface area contributed by atoms with Crippen molar-refractivity contribution in [2.75, 3.05) is 18.0 Å². The zero-order valence-electron chi connectivity index (χ0n) is 11.5. The van der Waals surface area contributed by atoms with Crippen molar-refractivity contribution < 1.29 is 0 Å². The highest BCUT2D eigenvalue weighted by Gasteiger charge is 2.42. The van der Waals surface area contributed by atoms with Crippen LogP contribution in [-0.2, 0) is 0 Å². The Morgan fingerprint density at radius 3 is 2.53 bits per heavy atom. The van der Waals surface area contributed by atoms with E-state index in [4.69, 9.17) is 0 Å². The zero-order valence-corrected chi connectivity index (χ0v) is 11.5. The first kappa shape index (κ1) is 11.7. The SMILES string of the molecule is c1ccc(N2CCC(NC(C3CC3)C3CC3)C2)nc1. The highest BCUT2D eigenvalue weighted by molar-refractivity contribution is 5.39. The molecule has 2 saturated carbocycles. The molecule has 1 aromatic rings. The second kappa shape index (κ2) is 4.78.